The van der Waals surface area contributed by atoms with E-state index in [1.54, 1.807) is 0 Å². The van der Waals surface area contributed by atoms with Gasteiger partial charge in [-0.3, -0.25) is 19.4 Å². The first kappa shape index (κ1) is 18.9. The smallest absolute Gasteiger partial charge is 0.317 e. The Morgan fingerprint density at radius 2 is 2.09 bits per heavy atom. The van der Waals surface area contributed by atoms with Gasteiger partial charge in [0.15, 0.2) is 0 Å². The van der Waals surface area contributed by atoms with Gasteiger partial charge in [-0.25, -0.2) is 0 Å². The molecule has 128 valence electrons. The van der Waals surface area contributed by atoms with Crippen LogP contribution in [0.25, 0.3) is 0 Å². The molecule has 1 aliphatic heterocycles. The molecular weight excluding hydrogens is 282 g/mol. The average Bonchev–Trinajstić information content (AvgIpc) is 2.71. The predicted molar refractivity (Wildman–Crippen MR) is 86.9 cm³/mol. The standard InChI is InChI=1S/C16H31N3O3/c1-4-5-9-17-16(22)13(2)19-10-6-7-14(8-11-19)18(3)12-15(20)21/h13-14H,4-12H2,1-3H3,(H,17,22)(H,20,21). The van der Waals surface area contributed by atoms with Crippen molar-refractivity contribution in [1.29, 1.82) is 0 Å². The van der Waals surface area contributed by atoms with Crippen LogP contribution in [0.15, 0.2) is 0 Å². The lowest BCUT2D eigenvalue weighted by Crippen LogP contribution is -2.46. The van der Waals surface area contributed by atoms with Gasteiger partial charge < -0.3 is 10.4 Å². The van der Waals surface area contributed by atoms with Crippen LogP contribution in [0, 0.1) is 0 Å². The molecule has 1 aliphatic rings. The average molecular weight is 313 g/mol. The molecule has 0 spiro atoms. The molecule has 1 rings (SSSR count). The summed E-state index contributed by atoms with van der Waals surface area (Å²) >= 11 is 0. The summed E-state index contributed by atoms with van der Waals surface area (Å²) in [7, 11) is 1.87. The summed E-state index contributed by atoms with van der Waals surface area (Å²) in [4.78, 5) is 27.1. The minimum absolute atomic E-state index is 0.0811. The fraction of sp³-hybridized carbons (Fsp3) is 0.875. The number of likely N-dealkylation sites (tertiary alicyclic amines) is 1. The van der Waals surface area contributed by atoms with Crippen LogP contribution in [0.4, 0.5) is 0 Å². The van der Waals surface area contributed by atoms with Crippen LogP contribution in [-0.4, -0.2) is 72.1 Å². The van der Waals surface area contributed by atoms with Gasteiger partial charge in [-0.05, 0) is 46.2 Å². The Labute approximate surface area is 133 Å². The first-order valence-electron chi connectivity index (χ1n) is 8.39. The molecule has 0 aromatic heterocycles. The molecule has 0 aliphatic carbocycles. The van der Waals surface area contributed by atoms with Crippen LogP contribution in [0.2, 0.25) is 0 Å². The number of nitrogens with zero attached hydrogens (tertiary/aromatic N) is 2. The van der Waals surface area contributed by atoms with Crippen molar-refractivity contribution in [2.45, 2.75) is 58.0 Å². The Hall–Kier alpha value is -1.14. The normalized spacial score (nSPS) is 21.4. The number of carboxylic acids is 1. The van der Waals surface area contributed by atoms with Gasteiger partial charge in [-0.1, -0.05) is 13.3 Å². The highest BCUT2D eigenvalue weighted by Crippen LogP contribution is 2.17. The molecule has 0 saturated carbocycles. The maximum Gasteiger partial charge on any atom is 0.317 e. The van der Waals surface area contributed by atoms with E-state index in [0.29, 0.717) is 0 Å². The second-order valence-corrected chi connectivity index (χ2v) is 6.25. The van der Waals surface area contributed by atoms with Crippen molar-refractivity contribution in [2.24, 2.45) is 0 Å². The van der Waals surface area contributed by atoms with Gasteiger partial charge in [0, 0.05) is 19.1 Å². The highest BCUT2D eigenvalue weighted by Gasteiger charge is 2.26. The number of carboxylic acid groups (broad SMARTS) is 1. The minimum atomic E-state index is -0.785. The molecule has 2 unspecified atom stereocenters. The summed E-state index contributed by atoms with van der Waals surface area (Å²) in [5, 5.41) is 11.9. The van der Waals surface area contributed by atoms with Crippen molar-refractivity contribution in [3.8, 4) is 0 Å². The Morgan fingerprint density at radius 1 is 1.36 bits per heavy atom. The summed E-state index contributed by atoms with van der Waals surface area (Å²) in [6, 6.07) is 0.178. The van der Waals surface area contributed by atoms with Gasteiger partial charge in [-0.2, -0.15) is 0 Å². The monoisotopic (exact) mass is 313 g/mol. The molecule has 1 fully saturated rings. The van der Waals surface area contributed by atoms with Crippen LogP contribution in [-0.2, 0) is 9.59 Å². The third-order valence-electron chi connectivity index (χ3n) is 4.50. The van der Waals surface area contributed by atoms with Crippen LogP contribution < -0.4 is 5.32 Å². The van der Waals surface area contributed by atoms with Crippen LogP contribution in [0.3, 0.4) is 0 Å². The van der Waals surface area contributed by atoms with E-state index in [9.17, 15) is 9.59 Å². The van der Waals surface area contributed by atoms with Gasteiger partial charge in [0.05, 0.1) is 12.6 Å². The largest absolute Gasteiger partial charge is 0.480 e. The highest BCUT2D eigenvalue weighted by atomic mass is 16.4. The van der Waals surface area contributed by atoms with Crippen molar-refractivity contribution in [1.82, 2.24) is 15.1 Å². The van der Waals surface area contributed by atoms with Gasteiger partial charge in [0.2, 0.25) is 5.91 Å². The fourth-order valence-electron chi connectivity index (χ4n) is 2.97. The Balaban J connectivity index is 2.44. The maximum absolute atomic E-state index is 12.1. The van der Waals surface area contributed by atoms with E-state index in [4.69, 9.17) is 5.11 Å². The predicted octanol–water partition coefficient (Wildman–Crippen LogP) is 1.16. The number of nitrogens with one attached hydrogen (secondary N) is 1. The molecule has 0 bridgehead atoms. The Morgan fingerprint density at radius 3 is 2.73 bits per heavy atom. The maximum atomic E-state index is 12.1. The van der Waals surface area contributed by atoms with Crippen molar-refractivity contribution in [3.05, 3.63) is 0 Å². The zero-order valence-corrected chi connectivity index (χ0v) is 14.2. The molecule has 0 radical (unpaired) electrons. The van der Waals surface area contributed by atoms with E-state index >= 15 is 0 Å². The zero-order valence-electron chi connectivity index (χ0n) is 14.2. The minimum Gasteiger partial charge on any atom is -0.480 e. The molecular formula is C16H31N3O3. The number of aliphatic carboxylic acids is 1. The molecule has 1 heterocycles. The lowest BCUT2D eigenvalue weighted by Gasteiger charge is -2.28. The second-order valence-electron chi connectivity index (χ2n) is 6.25. The quantitative estimate of drug-likeness (QED) is 0.658. The highest BCUT2D eigenvalue weighted by molar-refractivity contribution is 5.81. The number of amides is 1. The van der Waals surface area contributed by atoms with Crippen LogP contribution in [0.1, 0.15) is 46.0 Å². The van der Waals surface area contributed by atoms with Crippen LogP contribution in [0.5, 0.6) is 0 Å². The molecule has 0 aromatic rings. The summed E-state index contributed by atoms with van der Waals surface area (Å²) in [5.74, 6) is -0.682. The van der Waals surface area contributed by atoms with Crippen LogP contribution >= 0.6 is 0 Å². The van der Waals surface area contributed by atoms with Gasteiger partial charge >= 0.3 is 5.97 Å². The third-order valence-corrected chi connectivity index (χ3v) is 4.50. The van der Waals surface area contributed by atoms with E-state index < -0.39 is 5.97 Å². The first-order valence-corrected chi connectivity index (χ1v) is 8.39. The lowest BCUT2D eigenvalue weighted by atomic mass is 10.1. The molecule has 2 atom stereocenters. The Bertz CT molecular complexity index is 363. The lowest BCUT2D eigenvalue weighted by molar-refractivity contribution is -0.138. The summed E-state index contributed by atoms with van der Waals surface area (Å²) in [6.45, 7) is 6.65. The van der Waals surface area contributed by atoms with E-state index in [1.807, 2.05) is 18.9 Å². The number of likely N-dealkylation sites (N-methyl/N-ethyl adjacent to an activating group) is 1. The number of hydrogen-bond acceptors (Lipinski definition) is 4. The molecule has 6 heteroatoms. The number of carbonyl (C=O) groups is 2. The molecule has 2 N–H and O–H groups in total. The number of rotatable bonds is 8. The molecule has 6 nitrogen and oxygen atoms in total. The van der Waals surface area contributed by atoms with Crippen molar-refractivity contribution in [2.75, 3.05) is 33.2 Å². The van der Waals surface area contributed by atoms with Gasteiger partial charge in [0.1, 0.15) is 0 Å². The van der Waals surface area contributed by atoms with E-state index in [0.717, 1.165) is 51.7 Å². The topological polar surface area (TPSA) is 72.9 Å². The van der Waals surface area contributed by atoms with Crippen molar-refractivity contribution >= 4 is 11.9 Å². The number of unbranched alkanes of at least 4 members (excludes halogenated alkanes) is 1. The van der Waals surface area contributed by atoms with E-state index in [2.05, 4.69) is 17.1 Å². The second kappa shape index (κ2) is 9.79. The fourth-order valence-corrected chi connectivity index (χ4v) is 2.97. The number of carbonyl (C=O) groups excluding carboxylic acids is 1. The molecule has 1 saturated heterocycles. The molecule has 22 heavy (non-hydrogen) atoms. The molecule has 0 aromatic carbocycles. The number of hydrogen-bond donors (Lipinski definition) is 2. The Kier molecular flexibility index (Phi) is 8.42. The van der Waals surface area contributed by atoms with E-state index in [1.165, 1.54) is 0 Å². The van der Waals surface area contributed by atoms with Crippen molar-refractivity contribution < 1.29 is 14.7 Å². The van der Waals surface area contributed by atoms with Gasteiger partial charge in [0.25, 0.3) is 0 Å². The van der Waals surface area contributed by atoms with Crippen molar-refractivity contribution in [3.63, 3.8) is 0 Å². The SMILES string of the molecule is CCCCNC(=O)C(C)N1CCCC(N(C)CC(=O)O)CC1. The van der Waals surface area contributed by atoms with Gasteiger partial charge in [-0.15, -0.1) is 0 Å². The van der Waals surface area contributed by atoms with E-state index in [-0.39, 0.29) is 24.5 Å². The molecule has 1 amide bonds. The summed E-state index contributed by atoms with van der Waals surface area (Å²) < 4.78 is 0. The summed E-state index contributed by atoms with van der Waals surface area (Å²) in [6.07, 6.45) is 5.00. The zero-order chi connectivity index (χ0) is 16.5. The third kappa shape index (κ3) is 6.32. The first-order chi connectivity index (χ1) is 10.5. The summed E-state index contributed by atoms with van der Waals surface area (Å²) in [5.41, 5.74) is 0.